The Balaban J connectivity index is 1.28. The highest BCUT2D eigenvalue weighted by atomic mass is 32.2. The van der Waals surface area contributed by atoms with E-state index in [0.717, 1.165) is 18.4 Å². The Hall–Kier alpha value is -3.00. The van der Waals surface area contributed by atoms with E-state index in [9.17, 15) is 13.2 Å². The van der Waals surface area contributed by atoms with Gasteiger partial charge in [0.2, 0.25) is 10.0 Å². The second-order valence-electron chi connectivity index (χ2n) is 9.09. The number of carbonyl (C=O) groups excluding carboxylic acids is 1. The van der Waals surface area contributed by atoms with Gasteiger partial charge < -0.3 is 5.32 Å². The van der Waals surface area contributed by atoms with Gasteiger partial charge in [-0.1, -0.05) is 60.7 Å². The second-order valence-corrected chi connectivity index (χ2v) is 11.0. The third kappa shape index (κ3) is 6.78. The SMILES string of the molecule is CC(CCc1ccccc1)NC(=O)c1cccc(CN2CCN(S(=O)(=O)c3ccccc3)CC2)c1. The number of hydrogen-bond acceptors (Lipinski definition) is 4. The van der Waals surface area contributed by atoms with Crippen LogP contribution in [0.15, 0.2) is 89.8 Å². The van der Waals surface area contributed by atoms with Crippen molar-refractivity contribution in [1.82, 2.24) is 14.5 Å². The van der Waals surface area contributed by atoms with Gasteiger partial charge in [0.05, 0.1) is 4.90 Å². The molecule has 1 amide bonds. The van der Waals surface area contributed by atoms with Crippen LogP contribution in [0.5, 0.6) is 0 Å². The number of piperazine rings is 1. The van der Waals surface area contributed by atoms with Crippen molar-refractivity contribution in [2.45, 2.75) is 37.2 Å². The minimum Gasteiger partial charge on any atom is -0.350 e. The van der Waals surface area contributed by atoms with Crippen molar-refractivity contribution in [3.05, 3.63) is 102 Å². The number of carbonyl (C=O) groups is 1. The fraction of sp³-hybridized carbons (Fsp3) is 0.321. The number of nitrogens with zero attached hydrogens (tertiary/aromatic N) is 2. The Labute approximate surface area is 208 Å². The van der Waals surface area contributed by atoms with E-state index in [1.807, 2.05) is 55.5 Å². The first-order valence-electron chi connectivity index (χ1n) is 12.1. The number of amides is 1. The van der Waals surface area contributed by atoms with Gasteiger partial charge in [0.15, 0.2) is 0 Å². The molecule has 3 aromatic rings. The quantitative estimate of drug-likeness (QED) is 0.492. The summed E-state index contributed by atoms with van der Waals surface area (Å²) in [7, 11) is -3.46. The topological polar surface area (TPSA) is 69.7 Å². The summed E-state index contributed by atoms with van der Waals surface area (Å²) in [4.78, 5) is 15.4. The molecule has 0 aromatic heterocycles. The smallest absolute Gasteiger partial charge is 0.251 e. The van der Waals surface area contributed by atoms with Gasteiger partial charge in [0, 0.05) is 44.3 Å². The fourth-order valence-electron chi connectivity index (χ4n) is 4.35. The van der Waals surface area contributed by atoms with Crippen LogP contribution in [-0.4, -0.2) is 55.8 Å². The van der Waals surface area contributed by atoms with E-state index < -0.39 is 10.0 Å². The lowest BCUT2D eigenvalue weighted by Crippen LogP contribution is -2.48. The maximum atomic E-state index is 12.8. The molecule has 1 aliphatic heterocycles. The Kier molecular flexibility index (Phi) is 8.33. The van der Waals surface area contributed by atoms with Gasteiger partial charge in [-0.3, -0.25) is 9.69 Å². The van der Waals surface area contributed by atoms with E-state index in [1.165, 1.54) is 5.56 Å². The molecule has 3 aromatic carbocycles. The fourth-order valence-corrected chi connectivity index (χ4v) is 5.79. The summed E-state index contributed by atoms with van der Waals surface area (Å²) >= 11 is 0. The van der Waals surface area contributed by atoms with Crippen LogP contribution in [0.4, 0.5) is 0 Å². The molecule has 4 rings (SSSR count). The van der Waals surface area contributed by atoms with Gasteiger partial charge in [-0.2, -0.15) is 4.31 Å². The molecular weight excluding hydrogens is 458 g/mol. The molecule has 0 saturated carbocycles. The van der Waals surface area contributed by atoms with Crippen molar-refractivity contribution in [1.29, 1.82) is 0 Å². The van der Waals surface area contributed by atoms with Gasteiger partial charge in [0.1, 0.15) is 0 Å². The maximum Gasteiger partial charge on any atom is 0.251 e. The van der Waals surface area contributed by atoms with Crippen LogP contribution in [0.3, 0.4) is 0 Å². The summed E-state index contributed by atoms with van der Waals surface area (Å²) in [6.07, 6.45) is 1.81. The Morgan fingerprint density at radius 3 is 2.17 bits per heavy atom. The number of rotatable bonds is 9. The zero-order chi connectivity index (χ0) is 24.7. The van der Waals surface area contributed by atoms with Gasteiger partial charge in [-0.25, -0.2) is 8.42 Å². The Bertz CT molecular complexity index is 1210. The van der Waals surface area contributed by atoms with E-state index in [1.54, 1.807) is 28.6 Å². The molecule has 0 bridgehead atoms. The zero-order valence-electron chi connectivity index (χ0n) is 20.1. The van der Waals surface area contributed by atoms with Gasteiger partial charge in [0.25, 0.3) is 5.91 Å². The largest absolute Gasteiger partial charge is 0.350 e. The average Bonchev–Trinajstić information content (AvgIpc) is 2.89. The molecule has 0 radical (unpaired) electrons. The van der Waals surface area contributed by atoms with Crippen LogP contribution >= 0.6 is 0 Å². The molecule has 7 heteroatoms. The van der Waals surface area contributed by atoms with Gasteiger partial charge >= 0.3 is 0 Å². The van der Waals surface area contributed by atoms with E-state index in [-0.39, 0.29) is 11.9 Å². The van der Waals surface area contributed by atoms with E-state index in [0.29, 0.717) is 43.2 Å². The first-order valence-corrected chi connectivity index (χ1v) is 13.6. The maximum absolute atomic E-state index is 12.8. The van der Waals surface area contributed by atoms with Crippen LogP contribution < -0.4 is 5.32 Å². The third-order valence-corrected chi connectivity index (χ3v) is 8.31. The minimum absolute atomic E-state index is 0.0637. The normalized spacial score (nSPS) is 16.0. The summed E-state index contributed by atoms with van der Waals surface area (Å²) in [5.74, 6) is -0.0637. The standard InChI is InChI=1S/C28H33N3O3S/c1-23(15-16-24-9-4-2-5-10-24)29-28(32)26-12-8-11-25(21-26)22-30-17-19-31(20-18-30)35(33,34)27-13-6-3-7-14-27/h2-14,21,23H,15-20,22H2,1H3,(H,29,32). The predicted molar refractivity (Wildman–Crippen MR) is 139 cm³/mol. The van der Waals surface area contributed by atoms with Gasteiger partial charge in [-0.15, -0.1) is 0 Å². The second kappa shape index (κ2) is 11.6. The lowest BCUT2D eigenvalue weighted by Gasteiger charge is -2.34. The summed E-state index contributed by atoms with van der Waals surface area (Å²) in [5, 5.41) is 3.11. The number of aryl methyl sites for hydroxylation is 1. The first-order chi connectivity index (χ1) is 16.9. The van der Waals surface area contributed by atoms with Crippen LogP contribution in [-0.2, 0) is 23.0 Å². The highest BCUT2D eigenvalue weighted by Gasteiger charge is 2.28. The van der Waals surface area contributed by atoms with Crippen LogP contribution in [0.1, 0.15) is 34.8 Å². The molecule has 0 spiro atoms. The van der Waals surface area contributed by atoms with E-state index in [2.05, 4.69) is 22.3 Å². The third-order valence-electron chi connectivity index (χ3n) is 6.39. The summed E-state index contributed by atoms with van der Waals surface area (Å²) < 4.78 is 27.3. The number of nitrogens with one attached hydrogen (secondary N) is 1. The average molecular weight is 492 g/mol. The molecule has 0 aliphatic carbocycles. The lowest BCUT2D eigenvalue weighted by molar-refractivity contribution is 0.0938. The highest BCUT2D eigenvalue weighted by Crippen LogP contribution is 2.18. The lowest BCUT2D eigenvalue weighted by atomic mass is 10.1. The Morgan fingerprint density at radius 1 is 0.857 bits per heavy atom. The molecule has 1 saturated heterocycles. The van der Waals surface area contributed by atoms with Gasteiger partial charge in [-0.05, 0) is 55.2 Å². The molecule has 1 fully saturated rings. The minimum atomic E-state index is -3.46. The molecule has 6 nitrogen and oxygen atoms in total. The predicted octanol–water partition coefficient (Wildman–Crippen LogP) is 3.94. The molecule has 1 N–H and O–H groups in total. The van der Waals surface area contributed by atoms with Crippen molar-refractivity contribution in [3.8, 4) is 0 Å². The molecule has 184 valence electrons. The van der Waals surface area contributed by atoms with E-state index >= 15 is 0 Å². The molecule has 1 atom stereocenters. The van der Waals surface area contributed by atoms with Crippen molar-refractivity contribution in [2.75, 3.05) is 26.2 Å². The number of hydrogen-bond donors (Lipinski definition) is 1. The summed E-state index contributed by atoms with van der Waals surface area (Å²) in [5.41, 5.74) is 2.97. The van der Waals surface area contributed by atoms with Crippen molar-refractivity contribution in [3.63, 3.8) is 0 Å². The van der Waals surface area contributed by atoms with Crippen LogP contribution in [0.2, 0.25) is 0 Å². The number of benzene rings is 3. The molecule has 1 unspecified atom stereocenters. The van der Waals surface area contributed by atoms with Crippen molar-refractivity contribution >= 4 is 15.9 Å². The van der Waals surface area contributed by atoms with E-state index in [4.69, 9.17) is 0 Å². The molecule has 35 heavy (non-hydrogen) atoms. The van der Waals surface area contributed by atoms with Crippen LogP contribution in [0.25, 0.3) is 0 Å². The first kappa shape index (κ1) is 25.1. The zero-order valence-corrected chi connectivity index (χ0v) is 21.0. The van der Waals surface area contributed by atoms with Crippen LogP contribution in [0, 0.1) is 0 Å². The monoisotopic (exact) mass is 491 g/mol. The summed E-state index contributed by atoms with van der Waals surface area (Å²) in [6, 6.07) is 26.7. The number of sulfonamides is 1. The highest BCUT2D eigenvalue weighted by molar-refractivity contribution is 7.89. The van der Waals surface area contributed by atoms with Crippen molar-refractivity contribution in [2.24, 2.45) is 0 Å². The molecule has 1 heterocycles. The van der Waals surface area contributed by atoms with Crippen molar-refractivity contribution < 1.29 is 13.2 Å². The Morgan fingerprint density at radius 2 is 1.49 bits per heavy atom. The molecular formula is C28H33N3O3S. The molecule has 1 aliphatic rings. The summed E-state index contributed by atoms with van der Waals surface area (Å²) in [6.45, 7) is 4.93.